The summed E-state index contributed by atoms with van der Waals surface area (Å²) in [5.74, 6) is -0.218. The third-order valence-electron chi connectivity index (χ3n) is 4.31. The molecule has 1 amide bonds. The molecule has 0 radical (unpaired) electrons. The van der Waals surface area contributed by atoms with Gasteiger partial charge in [0.1, 0.15) is 0 Å². The van der Waals surface area contributed by atoms with Crippen LogP contribution in [0.15, 0.2) is 53.4 Å². The minimum Gasteiger partial charge on any atom is -0.370 e. The van der Waals surface area contributed by atoms with Crippen LogP contribution in [-0.2, 0) is 10.0 Å². The van der Waals surface area contributed by atoms with Crippen molar-refractivity contribution < 1.29 is 13.2 Å². The number of benzene rings is 2. The zero-order chi connectivity index (χ0) is 20.0. The van der Waals surface area contributed by atoms with E-state index in [1.165, 1.54) is 43.9 Å². The second-order valence-corrected chi connectivity index (χ2v) is 8.64. The van der Waals surface area contributed by atoms with Gasteiger partial charge in [-0.25, -0.2) is 12.7 Å². The van der Waals surface area contributed by atoms with Crippen molar-refractivity contribution in [1.82, 2.24) is 9.62 Å². The molecule has 27 heavy (non-hydrogen) atoms. The molecular weight excluding hydrogens is 362 g/mol. The molecule has 0 spiro atoms. The molecular formula is C20H27N3O3S. The number of nitrogens with zero attached hydrogens (tertiary/aromatic N) is 2. The zero-order valence-electron chi connectivity index (χ0n) is 16.3. The fourth-order valence-electron chi connectivity index (χ4n) is 2.69. The first-order chi connectivity index (χ1) is 12.8. The van der Waals surface area contributed by atoms with E-state index in [1.807, 2.05) is 6.07 Å². The van der Waals surface area contributed by atoms with E-state index in [0.29, 0.717) is 18.7 Å². The summed E-state index contributed by atoms with van der Waals surface area (Å²) in [5.41, 5.74) is 2.76. The van der Waals surface area contributed by atoms with Crippen LogP contribution in [-0.4, -0.2) is 52.4 Å². The molecule has 0 aliphatic carbocycles. The maximum absolute atomic E-state index is 12.3. The van der Waals surface area contributed by atoms with Crippen molar-refractivity contribution in [2.45, 2.75) is 18.7 Å². The Hall–Kier alpha value is -2.38. The SMILES string of the molecule is CCN(CCNC(=O)c1ccc(S(=O)(=O)N(C)C)cc1)c1cccc(C)c1. The number of hydrogen-bond acceptors (Lipinski definition) is 4. The van der Waals surface area contributed by atoms with Gasteiger partial charge in [-0.15, -0.1) is 0 Å². The summed E-state index contributed by atoms with van der Waals surface area (Å²) in [6, 6.07) is 14.2. The van der Waals surface area contributed by atoms with Crippen molar-refractivity contribution in [2.24, 2.45) is 0 Å². The third-order valence-corrected chi connectivity index (χ3v) is 6.14. The maximum atomic E-state index is 12.3. The predicted octanol–water partition coefficient (Wildman–Crippen LogP) is 2.50. The van der Waals surface area contributed by atoms with Gasteiger partial charge in [-0.2, -0.15) is 0 Å². The number of aryl methyl sites for hydroxylation is 1. The second kappa shape index (κ2) is 9.01. The van der Waals surface area contributed by atoms with Crippen LogP contribution < -0.4 is 10.2 Å². The number of carbonyl (C=O) groups is 1. The highest BCUT2D eigenvalue weighted by Crippen LogP contribution is 2.16. The lowest BCUT2D eigenvalue weighted by atomic mass is 10.2. The summed E-state index contributed by atoms with van der Waals surface area (Å²) in [6.45, 7) is 6.17. The fraction of sp³-hybridized carbons (Fsp3) is 0.350. The van der Waals surface area contributed by atoms with Crippen LogP contribution in [0.4, 0.5) is 5.69 Å². The van der Waals surface area contributed by atoms with Gasteiger partial charge in [0, 0.05) is 45.0 Å². The normalized spacial score (nSPS) is 11.4. The van der Waals surface area contributed by atoms with E-state index >= 15 is 0 Å². The van der Waals surface area contributed by atoms with Gasteiger partial charge in [0.2, 0.25) is 10.0 Å². The quantitative estimate of drug-likeness (QED) is 0.753. The molecule has 0 unspecified atom stereocenters. The summed E-state index contributed by atoms with van der Waals surface area (Å²) in [7, 11) is -0.538. The Balaban J connectivity index is 1.95. The number of anilines is 1. The van der Waals surface area contributed by atoms with E-state index in [-0.39, 0.29) is 10.8 Å². The van der Waals surface area contributed by atoms with Crippen molar-refractivity contribution >= 4 is 21.6 Å². The number of rotatable bonds is 8. The molecule has 0 bridgehead atoms. The van der Waals surface area contributed by atoms with Crippen LogP contribution in [0.3, 0.4) is 0 Å². The Kier molecular flexibility index (Phi) is 6.98. The first kappa shape index (κ1) is 20.9. The number of hydrogen-bond donors (Lipinski definition) is 1. The third kappa shape index (κ3) is 5.30. The zero-order valence-corrected chi connectivity index (χ0v) is 17.1. The largest absolute Gasteiger partial charge is 0.370 e. The van der Waals surface area contributed by atoms with Gasteiger partial charge in [0.05, 0.1) is 4.90 Å². The summed E-state index contributed by atoms with van der Waals surface area (Å²) in [6.07, 6.45) is 0. The first-order valence-electron chi connectivity index (χ1n) is 8.88. The van der Waals surface area contributed by atoms with Gasteiger partial charge in [0.15, 0.2) is 0 Å². The van der Waals surface area contributed by atoms with Gasteiger partial charge < -0.3 is 10.2 Å². The molecule has 6 nitrogen and oxygen atoms in total. The van der Waals surface area contributed by atoms with Crippen molar-refractivity contribution in [3.63, 3.8) is 0 Å². The van der Waals surface area contributed by atoms with Crippen molar-refractivity contribution in [3.05, 3.63) is 59.7 Å². The number of likely N-dealkylation sites (N-methyl/N-ethyl adjacent to an activating group) is 1. The highest BCUT2D eigenvalue weighted by atomic mass is 32.2. The number of nitrogens with one attached hydrogen (secondary N) is 1. The van der Waals surface area contributed by atoms with Gasteiger partial charge in [-0.3, -0.25) is 4.79 Å². The molecule has 2 aromatic rings. The van der Waals surface area contributed by atoms with Gasteiger partial charge in [-0.05, 0) is 55.8 Å². The van der Waals surface area contributed by atoms with Crippen molar-refractivity contribution in [1.29, 1.82) is 0 Å². The van der Waals surface area contributed by atoms with Gasteiger partial charge in [-0.1, -0.05) is 12.1 Å². The van der Waals surface area contributed by atoms with Crippen LogP contribution >= 0.6 is 0 Å². The second-order valence-electron chi connectivity index (χ2n) is 6.49. The minimum atomic E-state index is -3.49. The van der Waals surface area contributed by atoms with Crippen molar-refractivity contribution in [3.8, 4) is 0 Å². The standard InChI is InChI=1S/C20H27N3O3S/c1-5-23(18-8-6-7-16(2)15-18)14-13-21-20(24)17-9-11-19(12-10-17)27(25,26)22(3)4/h6-12,15H,5,13-14H2,1-4H3,(H,21,24). The number of amides is 1. The van der Waals surface area contributed by atoms with Crippen LogP contribution in [0.2, 0.25) is 0 Å². The maximum Gasteiger partial charge on any atom is 0.251 e. The lowest BCUT2D eigenvalue weighted by molar-refractivity contribution is 0.0954. The Morgan fingerprint density at radius 1 is 1.07 bits per heavy atom. The lowest BCUT2D eigenvalue weighted by Gasteiger charge is -2.23. The van der Waals surface area contributed by atoms with E-state index < -0.39 is 10.0 Å². The highest BCUT2D eigenvalue weighted by Gasteiger charge is 2.17. The van der Waals surface area contributed by atoms with Crippen LogP contribution in [0, 0.1) is 6.92 Å². The van der Waals surface area contributed by atoms with Crippen LogP contribution in [0.25, 0.3) is 0 Å². The summed E-state index contributed by atoms with van der Waals surface area (Å²) < 4.78 is 25.3. The molecule has 146 valence electrons. The smallest absolute Gasteiger partial charge is 0.251 e. The number of carbonyl (C=O) groups excluding carboxylic acids is 1. The highest BCUT2D eigenvalue weighted by molar-refractivity contribution is 7.89. The Morgan fingerprint density at radius 3 is 2.30 bits per heavy atom. The summed E-state index contributed by atoms with van der Waals surface area (Å²) in [4.78, 5) is 14.7. The monoisotopic (exact) mass is 389 g/mol. The topological polar surface area (TPSA) is 69.7 Å². The molecule has 1 N–H and O–H groups in total. The van der Waals surface area contributed by atoms with E-state index in [9.17, 15) is 13.2 Å². The van der Waals surface area contributed by atoms with Gasteiger partial charge >= 0.3 is 0 Å². The molecule has 0 aromatic heterocycles. The van der Waals surface area contributed by atoms with Crippen LogP contribution in [0.1, 0.15) is 22.8 Å². The van der Waals surface area contributed by atoms with E-state index in [0.717, 1.165) is 16.5 Å². The molecule has 7 heteroatoms. The molecule has 0 aliphatic heterocycles. The Bertz CT molecular complexity index is 878. The molecule has 0 atom stereocenters. The average molecular weight is 390 g/mol. The summed E-state index contributed by atoms with van der Waals surface area (Å²) in [5, 5.41) is 2.89. The van der Waals surface area contributed by atoms with Crippen molar-refractivity contribution in [2.75, 3.05) is 38.6 Å². The molecule has 0 heterocycles. The number of sulfonamides is 1. The lowest BCUT2D eigenvalue weighted by Crippen LogP contribution is -2.35. The molecule has 0 saturated carbocycles. The first-order valence-corrected chi connectivity index (χ1v) is 10.3. The van der Waals surface area contributed by atoms with Crippen LogP contribution in [0.5, 0.6) is 0 Å². The van der Waals surface area contributed by atoms with E-state index in [1.54, 1.807) is 0 Å². The Labute approximate surface area is 161 Å². The predicted molar refractivity (Wildman–Crippen MR) is 109 cm³/mol. The minimum absolute atomic E-state index is 0.167. The van der Waals surface area contributed by atoms with E-state index in [2.05, 4.69) is 42.3 Å². The fourth-order valence-corrected chi connectivity index (χ4v) is 3.59. The molecule has 0 fully saturated rings. The molecule has 0 saturated heterocycles. The molecule has 0 aliphatic rings. The van der Waals surface area contributed by atoms with E-state index in [4.69, 9.17) is 0 Å². The summed E-state index contributed by atoms with van der Waals surface area (Å²) >= 11 is 0. The Morgan fingerprint density at radius 2 is 1.74 bits per heavy atom. The van der Waals surface area contributed by atoms with Gasteiger partial charge in [0.25, 0.3) is 5.91 Å². The molecule has 2 aromatic carbocycles. The average Bonchev–Trinajstić information content (AvgIpc) is 2.65. The molecule has 2 rings (SSSR count).